The zero-order chi connectivity index (χ0) is 17.9. The molecule has 1 aromatic heterocycles. The van der Waals surface area contributed by atoms with Crippen LogP contribution in [0.1, 0.15) is 28.9 Å². The van der Waals surface area contributed by atoms with E-state index >= 15 is 0 Å². The number of fused-ring (bicyclic) bond motifs is 4. The van der Waals surface area contributed by atoms with Crippen molar-refractivity contribution in [3.63, 3.8) is 0 Å². The van der Waals surface area contributed by atoms with Crippen LogP contribution in [-0.4, -0.2) is 57.6 Å². The zero-order valence-electron chi connectivity index (χ0n) is 15.0. The van der Waals surface area contributed by atoms with E-state index in [2.05, 4.69) is 45.4 Å². The Balaban J connectivity index is 1.51. The lowest BCUT2D eigenvalue weighted by Crippen LogP contribution is -2.44. The average Bonchev–Trinajstić information content (AvgIpc) is 3.00. The molecule has 5 nitrogen and oxygen atoms in total. The molecule has 5 rings (SSSR count). The fourth-order valence-corrected chi connectivity index (χ4v) is 4.77. The maximum absolute atomic E-state index is 12.8. The first-order chi connectivity index (χ1) is 12.7. The SMILES string of the molecule is CSc1ccccc1CN1C[C@H]2CC[C@@H]1CN(C(=O)c1cnccn1)C2. The van der Waals surface area contributed by atoms with Crippen molar-refractivity contribution in [3.05, 3.63) is 54.1 Å². The summed E-state index contributed by atoms with van der Waals surface area (Å²) in [6.45, 7) is 3.64. The monoisotopic (exact) mass is 368 g/mol. The minimum absolute atomic E-state index is 0.0152. The van der Waals surface area contributed by atoms with Gasteiger partial charge in [-0.05, 0) is 36.6 Å². The molecule has 3 aliphatic rings. The number of carbonyl (C=O) groups is 1. The first kappa shape index (κ1) is 17.5. The van der Waals surface area contributed by atoms with Gasteiger partial charge >= 0.3 is 0 Å². The standard InChI is InChI=1S/C20H24N4OS/c1-26-19-5-3-2-4-16(19)13-23-11-15-6-7-17(23)14-24(12-15)20(25)18-10-21-8-9-22-18/h2-5,8-10,15,17H,6-7,11-14H2,1H3/t15-,17-/m1/s1. The molecule has 2 bridgehead atoms. The van der Waals surface area contributed by atoms with Crippen LogP contribution in [0.2, 0.25) is 0 Å². The summed E-state index contributed by atoms with van der Waals surface area (Å²) in [5, 5.41) is 0. The number of piperidine rings is 1. The van der Waals surface area contributed by atoms with Gasteiger partial charge in [0, 0.05) is 49.5 Å². The van der Waals surface area contributed by atoms with Crippen LogP contribution in [0.4, 0.5) is 0 Å². The second-order valence-corrected chi connectivity index (χ2v) is 7.99. The van der Waals surface area contributed by atoms with Gasteiger partial charge in [-0.1, -0.05) is 18.2 Å². The number of thioether (sulfide) groups is 1. The van der Waals surface area contributed by atoms with E-state index in [4.69, 9.17) is 0 Å². The highest BCUT2D eigenvalue weighted by molar-refractivity contribution is 7.98. The van der Waals surface area contributed by atoms with Gasteiger partial charge in [-0.2, -0.15) is 0 Å². The summed E-state index contributed by atoms with van der Waals surface area (Å²) in [4.78, 5) is 27.0. The summed E-state index contributed by atoms with van der Waals surface area (Å²) < 4.78 is 0. The molecule has 6 heteroatoms. The van der Waals surface area contributed by atoms with Gasteiger partial charge in [-0.15, -0.1) is 11.8 Å². The molecule has 136 valence electrons. The van der Waals surface area contributed by atoms with Gasteiger partial charge < -0.3 is 4.90 Å². The van der Waals surface area contributed by atoms with E-state index in [1.165, 1.54) is 16.9 Å². The Bertz CT molecular complexity index is 769. The van der Waals surface area contributed by atoms with E-state index in [0.717, 1.165) is 32.6 Å². The summed E-state index contributed by atoms with van der Waals surface area (Å²) in [5.74, 6) is 0.553. The molecule has 4 heterocycles. The van der Waals surface area contributed by atoms with Crippen LogP contribution in [0.5, 0.6) is 0 Å². The number of hydrogen-bond acceptors (Lipinski definition) is 5. The minimum Gasteiger partial charge on any atom is -0.335 e. The van der Waals surface area contributed by atoms with Crippen LogP contribution in [-0.2, 0) is 6.54 Å². The highest BCUT2D eigenvalue weighted by atomic mass is 32.2. The number of nitrogens with zero attached hydrogens (tertiary/aromatic N) is 4. The molecule has 1 amide bonds. The van der Waals surface area contributed by atoms with Gasteiger partial charge in [-0.3, -0.25) is 14.7 Å². The summed E-state index contributed by atoms with van der Waals surface area (Å²) in [5.41, 5.74) is 1.84. The summed E-state index contributed by atoms with van der Waals surface area (Å²) >= 11 is 1.81. The van der Waals surface area contributed by atoms with Crippen LogP contribution in [0.3, 0.4) is 0 Å². The highest BCUT2D eigenvalue weighted by Gasteiger charge is 2.37. The van der Waals surface area contributed by atoms with Crippen LogP contribution >= 0.6 is 11.8 Å². The van der Waals surface area contributed by atoms with Crippen molar-refractivity contribution in [1.82, 2.24) is 19.8 Å². The van der Waals surface area contributed by atoms with E-state index in [9.17, 15) is 4.79 Å². The van der Waals surface area contributed by atoms with Crippen molar-refractivity contribution in [2.45, 2.75) is 30.3 Å². The predicted octanol–water partition coefficient (Wildman–Crippen LogP) is 2.94. The maximum Gasteiger partial charge on any atom is 0.274 e. The topological polar surface area (TPSA) is 49.3 Å². The van der Waals surface area contributed by atoms with Crippen molar-refractivity contribution < 1.29 is 4.79 Å². The van der Waals surface area contributed by atoms with Crippen molar-refractivity contribution >= 4 is 17.7 Å². The summed E-state index contributed by atoms with van der Waals surface area (Å²) in [6, 6.07) is 9.07. The minimum atomic E-state index is 0.0152. The predicted molar refractivity (Wildman–Crippen MR) is 103 cm³/mol. The third-order valence-electron chi connectivity index (χ3n) is 5.46. The van der Waals surface area contributed by atoms with Crippen molar-refractivity contribution in [2.24, 2.45) is 5.92 Å². The third kappa shape index (κ3) is 3.62. The highest BCUT2D eigenvalue weighted by Crippen LogP contribution is 2.31. The second kappa shape index (κ2) is 7.76. The fourth-order valence-electron chi connectivity index (χ4n) is 4.16. The summed E-state index contributed by atoms with van der Waals surface area (Å²) in [7, 11) is 0. The van der Waals surface area contributed by atoms with Gasteiger partial charge in [0.2, 0.25) is 0 Å². The Morgan fingerprint density at radius 1 is 1.19 bits per heavy atom. The lowest BCUT2D eigenvalue weighted by molar-refractivity contribution is 0.0729. The Labute approximate surface area is 158 Å². The van der Waals surface area contributed by atoms with Gasteiger partial charge in [0.05, 0.1) is 6.20 Å². The third-order valence-corrected chi connectivity index (χ3v) is 6.30. The molecule has 0 aliphatic carbocycles. The van der Waals surface area contributed by atoms with Gasteiger partial charge in [0.25, 0.3) is 5.91 Å². The Hall–Kier alpha value is -1.92. The van der Waals surface area contributed by atoms with Crippen LogP contribution in [0.15, 0.2) is 47.8 Å². The molecule has 0 saturated carbocycles. The van der Waals surface area contributed by atoms with Gasteiger partial charge in [-0.25, -0.2) is 4.98 Å². The number of benzene rings is 1. The van der Waals surface area contributed by atoms with E-state index in [1.807, 2.05) is 4.90 Å². The van der Waals surface area contributed by atoms with Crippen molar-refractivity contribution in [3.8, 4) is 0 Å². The fraction of sp³-hybridized carbons (Fsp3) is 0.450. The van der Waals surface area contributed by atoms with Crippen LogP contribution in [0, 0.1) is 5.92 Å². The van der Waals surface area contributed by atoms with Gasteiger partial charge in [0.1, 0.15) is 5.69 Å². The van der Waals surface area contributed by atoms with E-state index < -0.39 is 0 Å². The molecule has 26 heavy (non-hydrogen) atoms. The molecule has 3 aliphatic heterocycles. The molecular formula is C20H24N4OS. The smallest absolute Gasteiger partial charge is 0.274 e. The van der Waals surface area contributed by atoms with Crippen molar-refractivity contribution in [2.75, 3.05) is 25.9 Å². The Morgan fingerprint density at radius 2 is 2.08 bits per heavy atom. The van der Waals surface area contributed by atoms with E-state index in [-0.39, 0.29) is 5.91 Å². The first-order valence-electron chi connectivity index (χ1n) is 9.16. The Morgan fingerprint density at radius 3 is 2.88 bits per heavy atom. The molecule has 1 aromatic carbocycles. The lowest BCUT2D eigenvalue weighted by Gasteiger charge is -2.36. The molecule has 2 aromatic rings. The Kier molecular flexibility index (Phi) is 5.22. The average molecular weight is 369 g/mol. The van der Waals surface area contributed by atoms with E-state index in [0.29, 0.717) is 17.7 Å². The maximum atomic E-state index is 12.8. The quantitative estimate of drug-likeness (QED) is 0.777. The number of hydrogen-bond donors (Lipinski definition) is 0. The molecule has 0 N–H and O–H groups in total. The molecule has 2 atom stereocenters. The largest absolute Gasteiger partial charge is 0.335 e. The van der Waals surface area contributed by atoms with Crippen LogP contribution < -0.4 is 0 Å². The lowest BCUT2D eigenvalue weighted by atomic mass is 9.94. The summed E-state index contributed by atoms with van der Waals surface area (Å²) in [6.07, 6.45) is 9.27. The number of amides is 1. The van der Waals surface area contributed by atoms with Crippen molar-refractivity contribution in [1.29, 1.82) is 0 Å². The second-order valence-electron chi connectivity index (χ2n) is 7.14. The normalized spacial score (nSPS) is 23.0. The molecule has 0 spiro atoms. The van der Waals surface area contributed by atoms with Gasteiger partial charge in [0.15, 0.2) is 0 Å². The molecule has 0 radical (unpaired) electrons. The molecule has 3 saturated heterocycles. The van der Waals surface area contributed by atoms with E-state index in [1.54, 1.807) is 30.4 Å². The number of rotatable bonds is 4. The van der Waals surface area contributed by atoms with Crippen LogP contribution in [0.25, 0.3) is 0 Å². The molecular weight excluding hydrogens is 344 g/mol. The molecule has 3 fully saturated rings. The molecule has 0 unspecified atom stereocenters. The number of aromatic nitrogens is 2. The first-order valence-corrected chi connectivity index (χ1v) is 10.4. The number of carbonyl (C=O) groups excluding carboxylic acids is 1. The zero-order valence-corrected chi connectivity index (χ0v) is 15.9.